The molecule has 0 bridgehead atoms. The van der Waals surface area contributed by atoms with Gasteiger partial charge in [0.05, 0.1) is 5.52 Å². The van der Waals surface area contributed by atoms with Gasteiger partial charge in [0.2, 0.25) is 0 Å². The first kappa shape index (κ1) is 13.8. The Labute approximate surface area is 124 Å². The number of imidazole rings is 1. The van der Waals surface area contributed by atoms with Crippen LogP contribution in [-0.2, 0) is 6.54 Å². The molecular weight excluding hydrogens is 260 g/mol. The maximum atomic E-state index is 4.80. The molecule has 0 fully saturated rings. The van der Waals surface area contributed by atoms with E-state index < -0.39 is 0 Å². The van der Waals surface area contributed by atoms with E-state index in [-0.39, 0.29) is 5.54 Å². The molecule has 1 aromatic carbocycles. The number of hydrogen-bond acceptors (Lipinski definition) is 3. The summed E-state index contributed by atoms with van der Waals surface area (Å²) in [6.45, 7) is 7.27. The number of aromatic nitrogens is 3. The van der Waals surface area contributed by atoms with Crippen molar-refractivity contribution in [3.8, 4) is 5.82 Å². The van der Waals surface area contributed by atoms with E-state index in [1.165, 1.54) is 5.56 Å². The molecule has 3 rings (SSSR count). The quantitative estimate of drug-likeness (QED) is 0.800. The first-order valence-corrected chi connectivity index (χ1v) is 7.15. The van der Waals surface area contributed by atoms with Crippen molar-refractivity contribution in [1.82, 2.24) is 19.9 Å². The summed E-state index contributed by atoms with van der Waals surface area (Å²) in [4.78, 5) is 8.93. The molecule has 0 amide bonds. The van der Waals surface area contributed by atoms with Crippen LogP contribution in [0.15, 0.2) is 49.1 Å². The SMILES string of the molecule is CC(C)(C)NCc1cc2ccccc2nc1-n1ccnc1. The lowest BCUT2D eigenvalue weighted by Crippen LogP contribution is -2.35. The molecule has 0 aliphatic carbocycles. The van der Waals surface area contributed by atoms with E-state index in [9.17, 15) is 0 Å². The molecule has 0 radical (unpaired) electrons. The van der Waals surface area contributed by atoms with E-state index in [4.69, 9.17) is 4.98 Å². The Morgan fingerprint density at radius 3 is 2.71 bits per heavy atom. The molecule has 0 aliphatic rings. The second-order valence-electron chi connectivity index (χ2n) is 6.24. The molecule has 21 heavy (non-hydrogen) atoms. The lowest BCUT2D eigenvalue weighted by molar-refractivity contribution is 0.424. The highest BCUT2D eigenvalue weighted by molar-refractivity contribution is 5.80. The zero-order chi connectivity index (χ0) is 14.9. The van der Waals surface area contributed by atoms with Crippen LogP contribution in [0.2, 0.25) is 0 Å². The molecule has 0 aliphatic heterocycles. The minimum Gasteiger partial charge on any atom is -0.308 e. The summed E-state index contributed by atoms with van der Waals surface area (Å²) in [5.41, 5.74) is 2.24. The first-order valence-electron chi connectivity index (χ1n) is 7.15. The van der Waals surface area contributed by atoms with Gasteiger partial charge >= 0.3 is 0 Å². The molecule has 0 atom stereocenters. The molecule has 2 heterocycles. The monoisotopic (exact) mass is 280 g/mol. The van der Waals surface area contributed by atoms with Crippen molar-refractivity contribution in [3.63, 3.8) is 0 Å². The van der Waals surface area contributed by atoms with Crippen LogP contribution >= 0.6 is 0 Å². The molecule has 1 N–H and O–H groups in total. The first-order chi connectivity index (χ1) is 10.0. The van der Waals surface area contributed by atoms with Crippen LogP contribution in [-0.4, -0.2) is 20.1 Å². The van der Waals surface area contributed by atoms with Crippen LogP contribution < -0.4 is 5.32 Å². The number of rotatable bonds is 3. The second kappa shape index (κ2) is 5.30. The van der Waals surface area contributed by atoms with Gasteiger partial charge < -0.3 is 5.32 Å². The highest BCUT2D eigenvalue weighted by Gasteiger charge is 2.13. The number of pyridine rings is 1. The molecule has 0 unspecified atom stereocenters. The fourth-order valence-electron chi connectivity index (χ4n) is 2.25. The van der Waals surface area contributed by atoms with Crippen molar-refractivity contribution < 1.29 is 0 Å². The highest BCUT2D eigenvalue weighted by atomic mass is 15.1. The Morgan fingerprint density at radius 2 is 2.00 bits per heavy atom. The third-order valence-corrected chi connectivity index (χ3v) is 3.34. The fraction of sp³-hybridized carbons (Fsp3) is 0.294. The van der Waals surface area contributed by atoms with E-state index in [2.05, 4.69) is 43.2 Å². The van der Waals surface area contributed by atoms with Gasteiger partial charge in [-0.2, -0.15) is 0 Å². The van der Waals surface area contributed by atoms with Gasteiger partial charge in [0, 0.05) is 35.4 Å². The largest absolute Gasteiger partial charge is 0.308 e. The maximum absolute atomic E-state index is 4.80. The van der Waals surface area contributed by atoms with Crippen LogP contribution in [0.1, 0.15) is 26.3 Å². The Morgan fingerprint density at radius 1 is 1.19 bits per heavy atom. The summed E-state index contributed by atoms with van der Waals surface area (Å²) in [5.74, 6) is 0.933. The van der Waals surface area contributed by atoms with Crippen molar-refractivity contribution in [2.45, 2.75) is 32.9 Å². The number of hydrogen-bond donors (Lipinski definition) is 1. The molecule has 0 saturated carbocycles. The molecule has 4 heteroatoms. The number of benzene rings is 1. The van der Waals surface area contributed by atoms with E-state index in [1.54, 1.807) is 12.5 Å². The number of fused-ring (bicyclic) bond motifs is 1. The second-order valence-corrected chi connectivity index (χ2v) is 6.24. The van der Waals surface area contributed by atoms with Crippen LogP contribution in [0.3, 0.4) is 0 Å². The summed E-state index contributed by atoms with van der Waals surface area (Å²) in [7, 11) is 0. The third kappa shape index (κ3) is 3.11. The van der Waals surface area contributed by atoms with Gasteiger partial charge in [-0.3, -0.25) is 4.57 Å². The average molecular weight is 280 g/mol. The lowest BCUT2D eigenvalue weighted by atomic mass is 10.1. The van der Waals surface area contributed by atoms with E-state index >= 15 is 0 Å². The van der Waals surface area contributed by atoms with Gasteiger partial charge in [-0.1, -0.05) is 18.2 Å². The van der Waals surface area contributed by atoms with E-state index in [0.717, 1.165) is 23.3 Å². The van der Waals surface area contributed by atoms with Crippen molar-refractivity contribution in [2.24, 2.45) is 0 Å². The van der Waals surface area contributed by atoms with Gasteiger partial charge in [-0.05, 0) is 32.9 Å². The summed E-state index contributed by atoms with van der Waals surface area (Å²) in [6.07, 6.45) is 5.49. The molecular formula is C17H20N4. The predicted molar refractivity (Wildman–Crippen MR) is 85.5 cm³/mol. The van der Waals surface area contributed by atoms with Crippen molar-refractivity contribution in [1.29, 1.82) is 0 Å². The minimum absolute atomic E-state index is 0.0673. The molecule has 0 saturated heterocycles. The molecule has 4 nitrogen and oxygen atoms in total. The van der Waals surface area contributed by atoms with Crippen LogP contribution in [0.5, 0.6) is 0 Å². The fourth-order valence-corrected chi connectivity index (χ4v) is 2.25. The lowest BCUT2D eigenvalue weighted by Gasteiger charge is -2.21. The number of para-hydroxylation sites is 1. The third-order valence-electron chi connectivity index (χ3n) is 3.34. The Bertz CT molecular complexity index is 739. The maximum Gasteiger partial charge on any atom is 0.143 e. The Kier molecular flexibility index (Phi) is 3.47. The molecule has 3 aromatic rings. The Hall–Kier alpha value is -2.20. The van der Waals surface area contributed by atoms with E-state index in [1.807, 2.05) is 29.0 Å². The van der Waals surface area contributed by atoms with Gasteiger partial charge in [0.15, 0.2) is 0 Å². The topological polar surface area (TPSA) is 42.7 Å². The van der Waals surface area contributed by atoms with Gasteiger partial charge in [-0.15, -0.1) is 0 Å². The normalized spacial score (nSPS) is 12.0. The van der Waals surface area contributed by atoms with Gasteiger partial charge in [0.25, 0.3) is 0 Å². The van der Waals surface area contributed by atoms with Crippen molar-refractivity contribution in [2.75, 3.05) is 0 Å². The van der Waals surface area contributed by atoms with Gasteiger partial charge in [0.1, 0.15) is 12.1 Å². The molecule has 2 aromatic heterocycles. The zero-order valence-corrected chi connectivity index (χ0v) is 12.7. The van der Waals surface area contributed by atoms with Gasteiger partial charge in [-0.25, -0.2) is 9.97 Å². The van der Waals surface area contributed by atoms with Crippen LogP contribution in [0, 0.1) is 0 Å². The van der Waals surface area contributed by atoms with E-state index in [0.29, 0.717) is 0 Å². The minimum atomic E-state index is 0.0673. The van der Waals surface area contributed by atoms with Crippen molar-refractivity contribution in [3.05, 3.63) is 54.6 Å². The molecule has 108 valence electrons. The van der Waals surface area contributed by atoms with Crippen LogP contribution in [0.25, 0.3) is 16.7 Å². The standard InChI is InChI=1S/C17H20N4/c1-17(2,3)19-11-14-10-13-6-4-5-7-15(13)20-16(14)21-9-8-18-12-21/h4-10,12,19H,11H2,1-3H3. The number of nitrogens with zero attached hydrogens (tertiary/aromatic N) is 3. The summed E-state index contributed by atoms with van der Waals surface area (Å²) >= 11 is 0. The zero-order valence-electron chi connectivity index (χ0n) is 12.7. The molecule has 0 spiro atoms. The Balaban J connectivity index is 2.08. The summed E-state index contributed by atoms with van der Waals surface area (Å²) in [6, 6.07) is 10.4. The van der Waals surface area contributed by atoms with Crippen LogP contribution in [0.4, 0.5) is 0 Å². The predicted octanol–water partition coefficient (Wildman–Crippen LogP) is 3.31. The smallest absolute Gasteiger partial charge is 0.143 e. The summed E-state index contributed by atoms with van der Waals surface area (Å²) < 4.78 is 1.96. The van der Waals surface area contributed by atoms with Crippen molar-refractivity contribution >= 4 is 10.9 Å². The number of nitrogens with one attached hydrogen (secondary N) is 1. The average Bonchev–Trinajstić information content (AvgIpc) is 2.97. The summed E-state index contributed by atoms with van der Waals surface area (Å²) in [5, 5.41) is 4.69. The highest BCUT2D eigenvalue weighted by Crippen LogP contribution is 2.20.